The highest BCUT2D eigenvalue weighted by atomic mass is 16.5. The molecule has 1 aromatic heterocycles. The molecule has 0 saturated carbocycles. The number of rotatable bonds is 3. The molecule has 1 aliphatic heterocycles. The average molecular weight is 304 g/mol. The normalized spacial score (nSPS) is 14.6. The van der Waals surface area contributed by atoms with Crippen LogP contribution in [-0.2, 0) is 16.0 Å². The first-order valence-electron chi connectivity index (χ1n) is 7.66. The third-order valence-corrected chi connectivity index (χ3v) is 3.93. The Bertz CT molecular complexity index is 615. The summed E-state index contributed by atoms with van der Waals surface area (Å²) in [6.07, 6.45) is 5.81. The molecule has 1 aliphatic rings. The van der Waals surface area contributed by atoms with Crippen LogP contribution in [0.5, 0.6) is 5.75 Å². The summed E-state index contributed by atoms with van der Waals surface area (Å²) in [4.78, 5) is 15.4. The number of likely N-dealkylation sites (tertiary alicyclic amines) is 1. The van der Waals surface area contributed by atoms with Crippen LogP contribution in [-0.4, -0.2) is 47.7 Å². The molecule has 0 unspecified atom stereocenters. The summed E-state index contributed by atoms with van der Waals surface area (Å²) in [5.74, 6) is 0.101. The Balaban J connectivity index is 0.000000309. The van der Waals surface area contributed by atoms with E-state index in [1.165, 1.54) is 45.5 Å². The Morgan fingerprint density at radius 1 is 1.36 bits per heavy atom. The number of nitrogens with zero attached hydrogens (tertiary/aromatic N) is 1. The van der Waals surface area contributed by atoms with Crippen molar-refractivity contribution in [2.75, 3.05) is 26.7 Å². The van der Waals surface area contributed by atoms with Crippen molar-refractivity contribution in [1.82, 2.24) is 9.88 Å². The minimum atomic E-state index is -0.245. The van der Waals surface area contributed by atoms with E-state index < -0.39 is 0 Å². The fourth-order valence-corrected chi connectivity index (χ4v) is 2.66. The Labute approximate surface area is 130 Å². The average Bonchev–Trinajstić information content (AvgIpc) is 3.14. The fourth-order valence-electron chi connectivity index (χ4n) is 2.66. The molecule has 0 radical (unpaired) electrons. The van der Waals surface area contributed by atoms with Gasteiger partial charge in [0.2, 0.25) is 0 Å². The number of aromatic nitrogens is 1. The van der Waals surface area contributed by atoms with Crippen molar-refractivity contribution in [1.29, 1.82) is 0 Å². The highest BCUT2D eigenvalue weighted by Gasteiger charge is 2.12. The number of phenols is 1. The number of esters is 1. The van der Waals surface area contributed by atoms with Crippen LogP contribution in [0.1, 0.15) is 25.3 Å². The van der Waals surface area contributed by atoms with Gasteiger partial charge in [0.05, 0.1) is 7.11 Å². The third-order valence-electron chi connectivity index (χ3n) is 3.93. The van der Waals surface area contributed by atoms with Crippen LogP contribution < -0.4 is 0 Å². The molecule has 120 valence electrons. The van der Waals surface area contributed by atoms with Crippen molar-refractivity contribution in [2.24, 2.45) is 0 Å². The molecule has 1 aromatic carbocycles. The van der Waals surface area contributed by atoms with Gasteiger partial charge in [0.25, 0.3) is 0 Å². The molecule has 3 rings (SSSR count). The fraction of sp³-hybridized carbons (Fsp3) is 0.471. The summed E-state index contributed by atoms with van der Waals surface area (Å²) in [5.41, 5.74) is 2.42. The molecule has 5 heteroatoms. The van der Waals surface area contributed by atoms with E-state index in [0.717, 1.165) is 23.9 Å². The van der Waals surface area contributed by atoms with Gasteiger partial charge in [0, 0.05) is 30.6 Å². The molecule has 1 fully saturated rings. The monoisotopic (exact) mass is 304 g/mol. The number of aromatic hydroxyl groups is 1. The van der Waals surface area contributed by atoms with Gasteiger partial charge in [-0.3, -0.25) is 4.79 Å². The summed E-state index contributed by atoms with van der Waals surface area (Å²) in [6.45, 7) is 4.98. The number of hydrogen-bond donors (Lipinski definition) is 2. The van der Waals surface area contributed by atoms with Gasteiger partial charge in [-0.1, -0.05) is 0 Å². The number of carbonyl (C=O) groups is 1. The van der Waals surface area contributed by atoms with Crippen LogP contribution in [0.3, 0.4) is 0 Å². The van der Waals surface area contributed by atoms with E-state index in [9.17, 15) is 9.90 Å². The third kappa shape index (κ3) is 4.49. The number of carbonyl (C=O) groups excluding carboxylic acids is 1. The van der Waals surface area contributed by atoms with E-state index in [1.807, 2.05) is 12.1 Å². The Kier molecular flexibility index (Phi) is 5.83. The molecular formula is C17H24N2O3. The summed E-state index contributed by atoms with van der Waals surface area (Å²) in [6, 6.07) is 5.51. The van der Waals surface area contributed by atoms with Crippen LogP contribution in [0.4, 0.5) is 0 Å². The van der Waals surface area contributed by atoms with Gasteiger partial charge in [0.15, 0.2) is 0 Å². The first-order valence-corrected chi connectivity index (χ1v) is 7.66. The van der Waals surface area contributed by atoms with Gasteiger partial charge < -0.3 is 19.7 Å². The zero-order valence-electron chi connectivity index (χ0n) is 13.3. The highest BCUT2D eigenvalue weighted by molar-refractivity contribution is 5.84. The lowest BCUT2D eigenvalue weighted by atomic mass is 10.1. The second-order valence-corrected chi connectivity index (χ2v) is 5.54. The van der Waals surface area contributed by atoms with E-state index >= 15 is 0 Å². The zero-order valence-corrected chi connectivity index (χ0v) is 13.3. The summed E-state index contributed by atoms with van der Waals surface area (Å²) < 4.78 is 4.11. The van der Waals surface area contributed by atoms with Gasteiger partial charge in [-0.2, -0.15) is 0 Å². The maximum absolute atomic E-state index is 9.59. The minimum Gasteiger partial charge on any atom is -0.508 e. The largest absolute Gasteiger partial charge is 0.508 e. The van der Waals surface area contributed by atoms with E-state index in [2.05, 4.69) is 20.8 Å². The lowest BCUT2D eigenvalue weighted by Crippen LogP contribution is -2.21. The molecule has 2 aromatic rings. The number of fused-ring (bicyclic) bond motifs is 1. The van der Waals surface area contributed by atoms with Crippen LogP contribution in [0.2, 0.25) is 0 Å². The number of hydrogen-bond acceptors (Lipinski definition) is 4. The van der Waals surface area contributed by atoms with Crippen molar-refractivity contribution in [3.05, 3.63) is 30.0 Å². The quantitative estimate of drug-likeness (QED) is 0.856. The molecule has 0 amide bonds. The van der Waals surface area contributed by atoms with Gasteiger partial charge in [-0.05, 0) is 56.1 Å². The van der Waals surface area contributed by atoms with Crippen LogP contribution >= 0.6 is 0 Å². The standard InChI is InChI=1S/C14H18N2O.C3H6O2/c17-12-3-4-14-13(9-12)11(10-15-14)5-8-16-6-1-2-7-16;1-3(4)5-2/h3-4,9-10,15,17H,1-2,5-8H2;1-2H3. The summed E-state index contributed by atoms with van der Waals surface area (Å²) >= 11 is 0. The van der Waals surface area contributed by atoms with E-state index in [0.29, 0.717) is 5.75 Å². The van der Waals surface area contributed by atoms with E-state index in [1.54, 1.807) is 6.07 Å². The summed E-state index contributed by atoms with van der Waals surface area (Å²) in [7, 11) is 1.35. The van der Waals surface area contributed by atoms with Gasteiger partial charge in [0.1, 0.15) is 5.75 Å². The molecule has 0 spiro atoms. The number of aromatic amines is 1. The number of nitrogens with one attached hydrogen (secondary N) is 1. The minimum absolute atomic E-state index is 0.245. The van der Waals surface area contributed by atoms with Crippen LogP contribution in [0, 0.1) is 0 Å². The molecule has 2 heterocycles. The number of ether oxygens (including phenoxy) is 1. The lowest BCUT2D eigenvalue weighted by Gasteiger charge is -2.13. The molecule has 0 bridgehead atoms. The van der Waals surface area contributed by atoms with Crippen molar-refractivity contribution >= 4 is 16.9 Å². The predicted octanol–water partition coefficient (Wildman–Crippen LogP) is 2.69. The van der Waals surface area contributed by atoms with E-state index in [-0.39, 0.29) is 5.97 Å². The first-order chi connectivity index (χ1) is 10.6. The molecule has 5 nitrogen and oxygen atoms in total. The zero-order chi connectivity index (χ0) is 15.9. The van der Waals surface area contributed by atoms with Gasteiger partial charge in [-0.15, -0.1) is 0 Å². The molecular weight excluding hydrogens is 280 g/mol. The Morgan fingerprint density at radius 3 is 2.68 bits per heavy atom. The van der Waals surface area contributed by atoms with Crippen molar-refractivity contribution < 1.29 is 14.6 Å². The molecule has 1 saturated heterocycles. The van der Waals surface area contributed by atoms with E-state index in [4.69, 9.17) is 0 Å². The molecule has 0 atom stereocenters. The molecule has 2 N–H and O–H groups in total. The van der Waals surface area contributed by atoms with Crippen molar-refractivity contribution in [2.45, 2.75) is 26.2 Å². The summed E-state index contributed by atoms with van der Waals surface area (Å²) in [5, 5.41) is 10.7. The topological polar surface area (TPSA) is 65.6 Å². The lowest BCUT2D eigenvalue weighted by molar-refractivity contribution is -0.137. The van der Waals surface area contributed by atoms with Gasteiger partial charge >= 0.3 is 5.97 Å². The number of benzene rings is 1. The number of H-pyrrole nitrogens is 1. The van der Waals surface area contributed by atoms with Crippen molar-refractivity contribution in [3.63, 3.8) is 0 Å². The maximum Gasteiger partial charge on any atom is 0.302 e. The second kappa shape index (κ2) is 7.84. The number of methoxy groups -OCH3 is 1. The highest BCUT2D eigenvalue weighted by Crippen LogP contribution is 2.23. The Morgan fingerprint density at radius 2 is 2.05 bits per heavy atom. The van der Waals surface area contributed by atoms with Crippen LogP contribution in [0.25, 0.3) is 10.9 Å². The van der Waals surface area contributed by atoms with Gasteiger partial charge in [-0.25, -0.2) is 0 Å². The van der Waals surface area contributed by atoms with Crippen molar-refractivity contribution in [3.8, 4) is 5.75 Å². The number of phenolic OH excluding ortho intramolecular Hbond substituents is 1. The first kappa shape index (κ1) is 16.4. The molecule has 22 heavy (non-hydrogen) atoms. The SMILES string of the molecule is COC(C)=O.Oc1ccc2[nH]cc(CCN3CCCC3)c2c1. The second-order valence-electron chi connectivity index (χ2n) is 5.54. The maximum atomic E-state index is 9.59. The van der Waals surface area contributed by atoms with Crippen LogP contribution in [0.15, 0.2) is 24.4 Å². The molecule has 0 aliphatic carbocycles. The predicted molar refractivity (Wildman–Crippen MR) is 87.0 cm³/mol. The smallest absolute Gasteiger partial charge is 0.302 e. The Hall–Kier alpha value is -2.01.